The van der Waals surface area contributed by atoms with Crippen LogP contribution in [-0.2, 0) is 9.53 Å². The van der Waals surface area contributed by atoms with Crippen LogP contribution in [0, 0.1) is 0 Å². The minimum absolute atomic E-state index is 0.377. The SMILES string of the molecule is CC/C(=C/CCCNC(=O)OC(C)(C)C)C(N)=O. The van der Waals surface area contributed by atoms with E-state index in [-0.39, 0.29) is 5.91 Å². The highest BCUT2D eigenvalue weighted by molar-refractivity contribution is 5.91. The molecular weight excluding hydrogens is 232 g/mol. The van der Waals surface area contributed by atoms with Crippen molar-refractivity contribution in [1.82, 2.24) is 5.32 Å². The molecule has 0 aromatic rings. The number of hydrogen-bond donors (Lipinski definition) is 2. The van der Waals surface area contributed by atoms with Crippen LogP contribution < -0.4 is 11.1 Å². The zero-order valence-electron chi connectivity index (χ0n) is 11.7. The van der Waals surface area contributed by atoms with Gasteiger partial charge in [-0.3, -0.25) is 4.79 Å². The first-order valence-corrected chi connectivity index (χ1v) is 6.22. The van der Waals surface area contributed by atoms with Crippen molar-refractivity contribution in [2.45, 2.75) is 52.6 Å². The van der Waals surface area contributed by atoms with Crippen molar-refractivity contribution < 1.29 is 14.3 Å². The van der Waals surface area contributed by atoms with Crippen LogP contribution in [0.5, 0.6) is 0 Å². The molecule has 0 unspecified atom stereocenters. The number of nitrogens with one attached hydrogen (secondary N) is 1. The van der Waals surface area contributed by atoms with Gasteiger partial charge >= 0.3 is 6.09 Å². The maximum atomic E-state index is 11.3. The quantitative estimate of drug-likeness (QED) is 0.564. The molecule has 0 heterocycles. The topological polar surface area (TPSA) is 81.4 Å². The molecule has 0 aromatic carbocycles. The van der Waals surface area contributed by atoms with E-state index in [0.29, 0.717) is 25.0 Å². The van der Waals surface area contributed by atoms with E-state index in [9.17, 15) is 9.59 Å². The molecule has 0 saturated heterocycles. The number of carbonyl (C=O) groups is 2. The lowest BCUT2D eigenvalue weighted by Crippen LogP contribution is -2.32. The van der Waals surface area contributed by atoms with Crippen molar-refractivity contribution in [2.75, 3.05) is 6.54 Å². The molecule has 0 rings (SSSR count). The number of rotatable bonds is 6. The summed E-state index contributed by atoms with van der Waals surface area (Å²) < 4.78 is 5.09. The summed E-state index contributed by atoms with van der Waals surface area (Å²) in [7, 11) is 0. The molecule has 2 amide bonds. The third-order valence-corrected chi connectivity index (χ3v) is 2.14. The fraction of sp³-hybridized carbons (Fsp3) is 0.692. The second kappa shape index (κ2) is 7.74. The lowest BCUT2D eigenvalue weighted by Gasteiger charge is -2.19. The summed E-state index contributed by atoms with van der Waals surface area (Å²) in [6.07, 6.45) is 3.49. The van der Waals surface area contributed by atoms with Crippen molar-refractivity contribution >= 4 is 12.0 Å². The molecule has 0 bridgehead atoms. The number of hydrogen-bond acceptors (Lipinski definition) is 3. The van der Waals surface area contributed by atoms with Gasteiger partial charge < -0.3 is 15.8 Å². The third kappa shape index (κ3) is 8.61. The summed E-state index contributed by atoms with van der Waals surface area (Å²) in [6.45, 7) is 7.85. The molecule has 0 spiro atoms. The molecule has 0 radical (unpaired) electrons. The van der Waals surface area contributed by atoms with Gasteiger partial charge in [-0.05, 0) is 40.0 Å². The highest BCUT2D eigenvalue weighted by Crippen LogP contribution is 2.06. The Morgan fingerprint density at radius 3 is 2.39 bits per heavy atom. The summed E-state index contributed by atoms with van der Waals surface area (Å²) >= 11 is 0. The number of carbonyl (C=O) groups excluding carboxylic acids is 2. The number of allylic oxidation sites excluding steroid dienone is 1. The first-order chi connectivity index (χ1) is 8.26. The minimum Gasteiger partial charge on any atom is -0.444 e. The largest absolute Gasteiger partial charge is 0.444 e. The Morgan fingerprint density at radius 1 is 1.33 bits per heavy atom. The zero-order chi connectivity index (χ0) is 14.2. The van der Waals surface area contributed by atoms with Gasteiger partial charge in [0.25, 0.3) is 0 Å². The predicted molar refractivity (Wildman–Crippen MR) is 71.0 cm³/mol. The monoisotopic (exact) mass is 256 g/mol. The lowest BCUT2D eigenvalue weighted by molar-refractivity contribution is -0.114. The Bertz CT molecular complexity index is 317. The van der Waals surface area contributed by atoms with E-state index in [2.05, 4.69) is 5.32 Å². The number of alkyl carbamates (subject to hydrolysis) is 1. The molecule has 0 aliphatic heterocycles. The summed E-state index contributed by atoms with van der Waals surface area (Å²) in [4.78, 5) is 22.2. The van der Waals surface area contributed by atoms with E-state index in [4.69, 9.17) is 10.5 Å². The molecule has 18 heavy (non-hydrogen) atoms. The molecule has 0 saturated carbocycles. The summed E-state index contributed by atoms with van der Waals surface area (Å²) in [6, 6.07) is 0. The highest BCUT2D eigenvalue weighted by atomic mass is 16.6. The van der Waals surface area contributed by atoms with Crippen LogP contribution >= 0.6 is 0 Å². The van der Waals surface area contributed by atoms with Crippen LogP contribution in [0.3, 0.4) is 0 Å². The van der Waals surface area contributed by atoms with Crippen LogP contribution in [0.4, 0.5) is 4.79 Å². The number of nitrogens with two attached hydrogens (primary N) is 1. The van der Waals surface area contributed by atoms with E-state index >= 15 is 0 Å². The van der Waals surface area contributed by atoms with E-state index < -0.39 is 11.7 Å². The van der Waals surface area contributed by atoms with Gasteiger partial charge in [0.15, 0.2) is 0 Å². The summed E-state index contributed by atoms with van der Waals surface area (Å²) in [5.74, 6) is -0.377. The standard InChI is InChI=1S/C13H24N2O3/c1-5-10(11(14)16)8-6-7-9-15-12(17)18-13(2,3)4/h8H,5-7,9H2,1-4H3,(H2,14,16)(H,15,17)/b10-8-. The maximum Gasteiger partial charge on any atom is 0.407 e. The van der Waals surface area contributed by atoms with E-state index in [0.717, 1.165) is 6.42 Å². The summed E-state index contributed by atoms with van der Waals surface area (Å²) in [5.41, 5.74) is 5.33. The van der Waals surface area contributed by atoms with Crippen LogP contribution in [0.2, 0.25) is 0 Å². The average molecular weight is 256 g/mol. The zero-order valence-corrected chi connectivity index (χ0v) is 11.7. The fourth-order valence-electron chi connectivity index (χ4n) is 1.30. The van der Waals surface area contributed by atoms with Gasteiger partial charge in [-0.15, -0.1) is 0 Å². The molecule has 0 aliphatic rings. The van der Waals surface area contributed by atoms with E-state index in [1.165, 1.54) is 0 Å². The van der Waals surface area contributed by atoms with E-state index in [1.807, 2.05) is 33.8 Å². The molecule has 5 nitrogen and oxygen atoms in total. The second-order valence-electron chi connectivity index (χ2n) is 5.02. The Kier molecular flexibility index (Phi) is 7.08. The Morgan fingerprint density at radius 2 is 1.94 bits per heavy atom. The van der Waals surface area contributed by atoms with Crippen molar-refractivity contribution in [2.24, 2.45) is 5.73 Å². The first-order valence-electron chi connectivity index (χ1n) is 6.22. The van der Waals surface area contributed by atoms with E-state index in [1.54, 1.807) is 0 Å². The summed E-state index contributed by atoms with van der Waals surface area (Å²) in [5, 5.41) is 2.65. The van der Waals surface area contributed by atoms with Crippen molar-refractivity contribution in [3.05, 3.63) is 11.6 Å². The number of primary amides is 1. The van der Waals surface area contributed by atoms with Crippen molar-refractivity contribution in [3.8, 4) is 0 Å². The molecular formula is C13H24N2O3. The molecule has 0 aliphatic carbocycles. The minimum atomic E-state index is -0.481. The third-order valence-electron chi connectivity index (χ3n) is 2.14. The lowest BCUT2D eigenvalue weighted by atomic mass is 10.1. The van der Waals surface area contributed by atoms with Crippen LogP contribution in [0.15, 0.2) is 11.6 Å². The van der Waals surface area contributed by atoms with Crippen LogP contribution in [-0.4, -0.2) is 24.1 Å². The van der Waals surface area contributed by atoms with Crippen molar-refractivity contribution in [3.63, 3.8) is 0 Å². The van der Waals surface area contributed by atoms with Crippen molar-refractivity contribution in [1.29, 1.82) is 0 Å². The van der Waals surface area contributed by atoms with Gasteiger partial charge in [-0.25, -0.2) is 4.79 Å². The Labute approximate surface area is 109 Å². The number of amides is 2. The van der Waals surface area contributed by atoms with Crippen LogP contribution in [0.25, 0.3) is 0 Å². The highest BCUT2D eigenvalue weighted by Gasteiger charge is 2.15. The molecule has 5 heteroatoms. The van der Waals surface area contributed by atoms with Gasteiger partial charge in [-0.2, -0.15) is 0 Å². The number of unbranched alkanes of at least 4 members (excludes halogenated alkanes) is 1. The molecule has 0 aromatic heterocycles. The van der Waals surface area contributed by atoms with Gasteiger partial charge in [0.1, 0.15) is 5.60 Å². The predicted octanol–water partition coefficient (Wildman–Crippen LogP) is 2.11. The van der Waals surface area contributed by atoms with Gasteiger partial charge in [0.2, 0.25) is 5.91 Å². The Hall–Kier alpha value is -1.52. The maximum absolute atomic E-state index is 11.3. The fourth-order valence-corrected chi connectivity index (χ4v) is 1.30. The number of ether oxygens (including phenoxy) is 1. The van der Waals surface area contributed by atoms with Crippen LogP contribution in [0.1, 0.15) is 47.0 Å². The molecule has 3 N–H and O–H groups in total. The second-order valence-corrected chi connectivity index (χ2v) is 5.02. The molecule has 104 valence electrons. The normalized spacial score (nSPS) is 12.1. The molecule has 0 atom stereocenters. The average Bonchev–Trinajstić information content (AvgIpc) is 2.20. The van der Waals surface area contributed by atoms with Gasteiger partial charge in [0.05, 0.1) is 0 Å². The van der Waals surface area contributed by atoms with Gasteiger partial charge in [-0.1, -0.05) is 13.0 Å². The molecule has 0 fully saturated rings. The first kappa shape index (κ1) is 16.5. The Balaban J connectivity index is 3.81. The van der Waals surface area contributed by atoms with Gasteiger partial charge in [0, 0.05) is 12.1 Å². The smallest absolute Gasteiger partial charge is 0.407 e.